The molecule has 1 N–H and O–H groups in total. The molecule has 1 aromatic carbocycles. The van der Waals surface area contributed by atoms with Gasteiger partial charge >= 0.3 is 0 Å². The summed E-state index contributed by atoms with van der Waals surface area (Å²) in [7, 11) is 1.60. The van der Waals surface area contributed by atoms with Crippen molar-refractivity contribution in [1.29, 1.82) is 0 Å². The number of ether oxygens (including phenoxy) is 3. The van der Waals surface area contributed by atoms with Gasteiger partial charge < -0.3 is 19.3 Å². The normalized spacial score (nSPS) is 32.4. The minimum absolute atomic E-state index is 0.251. The maximum Gasteiger partial charge on any atom is 0.160 e. The monoisotopic (exact) mass is 252 g/mol. The summed E-state index contributed by atoms with van der Waals surface area (Å²) >= 11 is 0. The fraction of sp³-hybridized carbons (Fsp3) is 0.571. The van der Waals surface area contributed by atoms with E-state index in [1.54, 1.807) is 7.11 Å². The van der Waals surface area contributed by atoms with Crippen LogP contribution in [0.4, 0.5) is 0 Å². The predicted octanol–water partition coefficient (Wildman–Crippen LogP) is 1.71. The molecule has 1 aliphatic heterocycles. The first-order chi connectivity index (χ1) is 8.70. The summed E-state index contributed by atoms with van der Waals surface area (Å²) in [6.45, 7) is 2.32. The van der Waals surface area contributed by atoms with Crippen LogP contribution in [-0.2, 0) is 20.8 Å². The van der Waals surface area contributed by atoms with E-state index in [2.05, 4.69) is 0 Å². The molecule has 0 aromatic heterocycles. The first-order valence-corrected chi connectivity index (χ1v) is 6.22. The van der Waals surface area contributed by atoms with Crippen LogP contribution < -0.4 is 0 Å². The van der Waals surface area contributed by atoms with Crippen molar-refractivity contribution < 1.29 is 19.3 Å². The molecule has 1 aromatic rings. The van der Waals surface area contributed by atoms with Crippen LogP contribution >= 0.6 is 0 Å². The zero-order valence-corrected chi connectivity index (χ0v) is 10.8. The summed E-state index contributed by atoms with van der Waals surface area (Å²) in [6, 6.07) is 9.92. The fourth-order valence-corrected chi connectivity index (χ4v) is 2.10. The Hall–Kier alpha value is -0.940. The third-order valence-electron chi connectivity index (χ3n) is 3.22. The summed E-state index contributed by atoms with van der Waals surface area (Å²) in [6.07, 6.45) is -0.887. The Bertz CT molecular complexity index is 354. The Labute approximate surface area is 107 Å². The molecule has 4 atom stereocenters. The van der Waals surface area contributed by atoms with Gasteiger partial charge in [-0.15, -0.1) is 0 Å². The lowest BCUT2D eigenvalue weighted by atomic mass is 10.0. The van der Waals surface area contributed by atoms with Gasteiger partial charge in [-0.3, -0.25) is 0 Å². The number of aliphatic hydroxyl groups excluding tert-OH is 1. The van der Waals surface area contributed by atoms with Gasteiger partial charge in [0.1, 0.15) is 6.10 Å². The lowest BCUT2D eigenvalue weighted by Gasteiger charge is -2.37. The lowest BCUT2D eigenvalue weighted by molar-refractivity contribution is -0.247. The van der Waals surface area contributed by atoms with Crippen LogP contribution in [0.5, 0.6) is 0 Å². The first kappa shape index (κ1) is 13.5. The molecule has 18 heavy (non-hydrogen) atoms. The van der Waals surface area contributed by atoms with Gasteiger partial charge in [0.2, 0.25) is 0 Å². The van der Waals surface area contributed by atoms with E-state index in [0.29, 0.717) is 13.0 Å². The zero-order chi connectivity index (χ0) is 13.0. The molecule has 4 nitrogen and oxygen atoms in total. The number of methoxy groups -OCH3 is 1. The summed E-state index contributed by atoms with van der Waals surface area (Å²) in [4.78, 5) is 0. The van der Waals surface area contributed by atoms with Crippen LogP contribution in [0.3, 0.4) is 0 Å². The van der Waals surface area contributed by atoms with E-state index >= 15 is 0 Å². The van der Waals surface area contributed by atoms with Gasteiger partial charge in [-0.2, -0.15) is 0 Å². The second-order valence-electron chi connectivity index (χ2n) is 4.57. The van der Waals surface area contributed by atoms with E-state index in [1.165, 1.54) is 0 Å². The van der Waals surface area contributed by atoms with Crippen molar-refractivity contribution in [2.45, 2.75) is 44.6 Å². The average Bonchev–Trinajstić information content (AvgIpc) is 2.41. The molecular formula is C14H20O4. The molecule has 1 heterocycles. The average molecular weight is 252 g/mol. The molecule has 1 saturated heterocycles. The van der Waals surface area contributed by atoms with Crippen molar-refractivity contribution >= 4 is 0 Å². The maximum absolute atomic E-state index is 10.0. The summed E-state index contributed by atoms with van der Waals surface area (Å²) in [5.74, 6) is 0. The van der Waals surface area contributed by atoms with E-state index in [9.17, 15) is 5.11 Å². The number of hydrogen-bond acceptors (Lipinski definition) is 4. The maximum atomic E-state index is 10.0. The van der Waals surface area contributed by atoms with Gasteiger partial charge in [-0.25, -0.2) is 0 Å². The van der Waals surface area contributed by atoms with Gasteiger partial charge in [0.15, 0.2) is 6.29 Å². The first-order valence-electron chi connectivity index (χ1n) is 6.22. The van der Waals surface area contributed by atoms with Gasteiger partial charge in [-0.05, 0) is 12.5 Å². The Kier molecular flexibility index (Phi) is 4.72. The predicted molar refractivity (Wildman–Crippen MR) is 67.0 cm³/mol. The van der Waals surface area contributed by atoms with E-state index in [-0.39, 0.29) is 18.5 Å². The Morgan fingerprint density at radius 1 is 1.33 bits per heavy atom. The van der Waals surface area contributed by atoms with Crippen LogP contribution in [0.15, 0.2) is 30.3 Å². The molecule has 0 aliphatic carbocycles. The highest BCUT2D eigenvalue weighted by atomic mass is 16.7. The van der Waals surface area contributed by atoms with Crippen molar-refractivity contribution in [3.63, 3.8) is 0 Å². The molecule has 4 heteroatoms. The quantitative estimate of drug-likeness (QED) is 0.886. The van der Waals surface area contributed by atoms with Crippen LogP contribution in [0.25, 0.3) is 0 Å². The molecule has 2 rings (SSSR count). The number of rotatable bonds is 4. The number of aliphatic hydroxyl groups is 1. The SMILES string of the molecule is COC1CC(OCc2ccccc2)C(O)C(C)O1. The Morgan fingerprint density at radius 2 is 2.06 bits per heavy atom. The molecule has 100 valence electrons. The second-order valence-corrected chi connectivity index (χ2v) is 4.57. The largest absolute Gasteiger partial charge is 0.388 e. The molecule has 0 amide bonds. The highest BCUT2D eigenvalue weighted by Gasteiger charge is 2.35. The molecule has 0 radical (unpaired) electrons. The van der Waals surface area contributed by atoms with Crippen molar-refractivity contribution in [2.75, 3.05) is 7.11 Å². The number of hydrogen-bond donors (Lipinski definition) is 1. The van der Waals surface area contributed by atoms with Crippen LogP contribution in [0, 0.1) is 0 Å². The molecule has 0 spiro atoms. The van der Waals surface area contributed by atoms with E-state index in [4.69, 9.17) is 14.2 Å². The van der Waals surface area contributed by atoms with Crippen LogP contribution in [-0.4, -0.2) is 36.8 Å². The van der Waals surface area contributed by atoms with Crippen molar-refractivity contribution in [1.82, 2.24) is 0 Å². The highest BCUT2D eigenvalue weighted by molar-refractivity contribution is 5.13. The minimum Gasteiger partial charge on any atom is -0.388 e. The summed E-state index contributed by atoms with van der Waals surface area (Å²) in [5.41, 5.74) is 1.10. The number of benzene rings is 1. The third kappa shape index (κ3) is 3.29. The summed E-state index contributed by atoms with van der Waals surface area (Å²) < 4.78 is 16.4. The van der Waals surface area contributed by atoms with Gasteiger partial charge in [-0.1, -0.05) is 30.3 Å². The van der Waals surface area contributed by atoms with Crippen molar-refractivity contribution in [3.8, 4) is 0 Å². The molecular weight excluding hydrogens is 232 g/mol. The Balaban J connectivity index is 1.91. The molecule has 0 saturated carbocycles. The molecule has 1 aliphatic rings. The van der Waals surface area contributed by atoms with E-state index in [1.807, 2.05) is 37.3 Å². The van der Waals surface area contributed by atoms with Gasteiger partial charge in [0, 0.05) is 13.5 Å². The minimum atomic E-state index is -0.611. The second kappa shape index (κ2) is 6.29. The zero-order valence-electron chi connectivity index (χ0n) is 10.8. The van der Waals surface area contributed by atoms with Crippen molar-refractivity contribution in [2.24, 2.45) is 0 Å². The highest BCUT2D eigenvalue weighted by Crippen LogP contribution is 2.23. The van der Waals surface area contributed by atoms with E-state index < -0.39 is 6.10 Å². The topological polar surface area (TPSA) is 47.9 Å². The fourth-order valence-electron chi connectivity index (χ4n) is 2.10. The van der Waals surface area contributed by atoms with E-state index in [0.717, 1.165) is 5.56 Å². The molecule has 0 bridgehead atoms. The smallest absolute Gasteiger partial charge is 0.160 e. The lowest BCUT2D eigenvalue weighted by Crippen LogP contribution is -2.48. The van der Waals surface area contributed by atoms with Gasteiger partial charge in [0.05, 0.1) is 18.8 Å². The molecule has 4 unspecified atom stereocenters. The Morgan fingerprint density at radius 3 is 2.72 bits per heavy atom. The third-order valence-corrected chi connectivity index (χ3v) is 3.22. The van der Waals surface area contributed by atoms with Crippen LogP contribution in [0.2, 0.25) is 0 Å². The molecule has 1 fully saturated rings. The van der Waals surface area contributed by atoms with Gasteiger partial charge in [0.25, 0.3) is 0 Å². The van der Waals surface area contributed by atoms with Crippen molar-refractivity contribution in [3.05, 3.63) is 35.9 Å². The standard InChI is InChI=1S/C14H20O4/c1-10-14(15)12(8-13(16-2)18-10)17-9-11-6-4-3-5-7-11/h3-7,10,12-15H,8-9H2,1-2H3. The van der Waals surface area contributed by atoms with Crippen LogP contribution in [0.1, 0.15) is 18.9 Å². The summed E-state index contributed by atoms with van der Waals surface area (Å²) in [5, 5.41) is 10.0.